The fraction of sp³-hybridized carbons (Fsp3) is 0.636. The summed E-state index contributed by atoms with van der Waals surface area (Å²) in [4.78, 5) is 30.9. The van der Waals surface area contributed by atoms with E-state index in [1.165, 1.54) is 40.2 Å². The van der Waals surface area contributed by atoms with Gasteiger partial charge in [0.15, 0.2) is 10.2 Å². The number of carbonyl (C=O) groups excluding carboxylic acids is 2. The molecule has 0 radical (unpaired) electrons. The van der Waals surface area contributed by atoms with E-state index in [-0.39, 0.29) is 144 Å². The number of nitrogens with zero attached hydrogens (tertiary/aromatic N) is 2. The van der Waals surface area contributed by atoms with Gasteiger partial charge in [0, 0.05) is 26.3 Å². The summed E-state index contributed by atoms with van der Waals surface area (Å²) in [7, 11) is 3.41. The van der Waals surface area contributed by atoms with Gasteiger partial charge in [-0.15, -0.1) is 11.8 Å². The van der Waals surface area contributed by atoms with E-state index in [1.54, 1.807) is 19.1 Å². The Labute approximate surface area is 339 Å². The second-order valence-corrected chi connectivity index (χ2v) is 12.0. The predicted molar refractivity (Wildman–Crippen MR) is 256 cm³/mol. The quantitative estimate of drug-likeness (QED) is 0.295. The highest BCUT2D eigenvalue weighted by Crippen LogP contribution is 2.65. The molecule has 2 fully saturated rings. The van der Waals surface area contributed by atoms with E-state index in [4.69, 9.17) is 4.74 Å². The molecule has 0 bridgehead atoms. The molecule has 3 heterocycles. The molecule has 0 saturated carbocycles. The van der Waals surface area contributed by atoms with Crippen molar-refractivity contribution in [1.82, 2.24) is 9.80 Å². The van der Waals surface area contributed by atoms with Crippen molar-refractivity contribution in [3.8, 4) is 0 Å². The lowest BCUT2D eigenvalue weighted by molar-refractivity contribution is -0.157. The standard InChI is InChI=1S/C27H29N3O3S2.17CH4/c1-4-34-23-22(31)30-24-26(20-11-7-8-12-21(20)28-24,19-14-13-17-9-5-6-10-18(17)19)15-27(30,35-16-33-3)25(32)29(23)2;;;;;;;;;;;;;;;;;/h5-12,14,23-24,28H,4,13,15-16H2,1-3H3;17*1H4/t23-,24+,26-,27-;;;;;;;;;;;;;;;;;/m0................./s1. The summed E-state index contributed by atoms with van der Waals surface area (Å²) in [6, 6.07) is 16.8. The molecule has 52 heavy (non-hydrogen) atoms. The zero-order valence-electron chi connectivity index (χ0n) is 20.1. The summed E-state index contributed by atoms with van der Waals surface area (Å²) in [5.41, 5.74) is 5.37. The highest BCUT2D eigenvalue weighted by atomic mass is 32.2. The van der Waals surface area contributed by atoms with Crippen molar-refractivity contribution in [3.63, 3.8) is 0 Å². The molecule has 6 rings (SSSR count). The monoisotopic (exact) mass is 780 g/mol. The molecule has 2 aromatic rings. The number of para-hydroxylation sites is 1. The maximum absolute atomic E-state index is 14.2. The number of piperazine rings is 1. The lowest BCUT2D eigenvalue weighted by atomic mass is 9.70. The topological polar surface area (TPSA) is 61.9 Å². The molecule has 8 heteroatoms. The minimum atomic E-state index is -1.05. The third-order valence-electron chi connectivity index (χ3n) is 7.84. The molecule has 0 spiro atoms. The third kappa shape index (κ3) is 11.1. The Kier molecular flexibility index (Phi) is 49.4. The zero-order valence-corrected chi connectivity index (χ0v) is 21.7. The number of amides is 2. The molecule has 4 atom stereocenters. The van der Waals surface area contributed by atoms with Crippen LogP contribution in [0.4, 0.5) is 5.69 Å². The van der Waals surface area contributed by atoms with E-state index >= 15 is 0 Å². The van der Waals surface area contributed by atoms with Crippen LogP contribution in [-0.2, 0) is 26.2 Å². The van der Waals surface area contributed by atoms with Crippen molar-refractivity contribution in [3.05, 3.63) is 71.3 Å². The van der Waals surface area contributed by atoms with Crippen LogP contribution in [0.15, 0.2) is 54.6 Å². The molecule has 0 unspecified atom stereocenters. The van der Waals surface area contributed by atoms with Crippen LogP contribution in [-0.4, -0.2) is 63.9 Å². The smallest absolute Gasteiger partial charge is 0.260 e. The van der Waals surface area contributed by atoms with Crippen molar-refractivity contribution >= 4 is 46.6 Å². The van der Waals surface area contributed by atoms with Gasteiger partial charge in [-0.05, 0) is 40.5 Å². The van der Waals surface area contributed by atoms with Gasteiger partial charge in [0.1, 0.15) is 6.17 Å². The fourth-order valence-electron chi connectivity index (χ4n) is 6.49. The molecule has 3 aliphatic heterocycles. The third-order valence-corrected chi connectivity index (χ3v) is 10.4. The second kappa shape index (κ2) is 31.0. The number of hydrogen-bond acceptors (Lipinski definition) is 6. The molecular weight excluding hydrogens is 683 g/mol. The number of rotatable bonds is 6. The maximum atomic E-state index is 14.2. The highest BCUT2D eigenvalue weighted by molar-refractivity contribution is 8.01. The first-order valence-corrected chi connectivity index (χ1v) is 14.0. The Morgan fingerprint density at radius 3 is 1.85 bits per heavy atom. The molecular formula is C44H97N3O3S2. The molecule has 6 nitrogen and oxygen atoms in total. The molecule has 0 aromatic heterocycles. The minimum Gasteiger partial charge on any atom is -0.374 e. The average Bonchev–Trinajstić information content (AvgIpc) is 3.52. The van der Waals surface area contributed by atoms with Gasteiger partial charge in [0.25, 0.3) is 11.8 Å². The van der Waals surface area contributed by atoms with Crippen molar-refractivity contribution < 1.29 is 14.3 Å². The zero-order chi connectivity index (χ0) is 24.4. The molecule has 1 aliphatic carbocycles. The number of likely N-dealkylation sites (N-methyl/N-ethyl adjacent to an activating group) is 1. The number of benzene rings is 2. The number of thioether (sulfide) groups is 2. The molecule has 318 valence electrons. The number of hydrogen-bond donors (Lipinski definition) is 1. The average molecular weight is 780 g/mol. The number of methoxy groups -OCH3 is 1. The Balaban J connectivity index is -0.0000000941. The van der Waals surface area contributed by atoms with E-state index in [9.17, 15) is 9.59 Å². The molecule has 2 aromatic carbocycles. The molecule has 2 saturated heterocycles. The van der Waals surface area contributed by atoms with Gasteiger partial charge < -0.3 is 15.0 Å². The maximum Gasteiger partial charge on any atom is 0.260 e. The second-order valence-electron chi connectivity index (χ2n) is 9.49. The van der Waals surface area contributed by atoms with Crippen LogP contribution in [0.2, 0.25) is 0 Å². The Morgan fingerprint density at radius 2 is 1.31 bits per heavy atom. The number of nitrogens with one attached hydrogen (secondary N) is 1. The van der Waals surface area contributed by atoms with Crippen LogP contribution in [0, 0.1) is 0 Å². The van der Waals surface area contributed by atoms with Crippen molar-refractivity contribution in [2.24, 2.45) is 0 Å². The largest absolute Gasteiger partial charge is 0.374 e. The van der Waals surface area contributed by atoms with Crippen LogP contribution in [0.1, 0.15) is 156 Å². The van der Waals surface area contributed by atoms with Gasteiger partial charge in [-0.2, -0.15) is 0 Å². The van der Waals surface area contributed by atoms with Crippen LogP contribution in [0.5, 0.6) is 0 Å². The van der Waals surface area contributed by atoms with E-state index in [2.05, 4.69) is 53.9 Å². The highest BCUT2D eigenvalue weighted by Gasteiger charge is 2.72. The first-order valence-electron chi connectivity index (χ1n) is 12.0. The van der Waals surface area contributed by atoms with Gasteiger partial charge in [-0.1, -0.05) is 193 Å². The first kappa shape index (κ1) is 82.9. The number of fused-ring (bicyclic) bond motifs is 6. The van der Waals surface area contributed by atoms with Gasteiger partial charge in [0.2, 0.25) is 0 Å². The summed E-state index contributed by atoms with van der Waals surface area (Å²) >= 11 is 2.95. The van der Waals surface area contributed by atoms with Gasteiger partial charge in [0.05, 0.1) is 11.4 Å². The number of ether oxygens (including phenoxy) is 1. The SMILES string of the molecule is C.C.C.C.C.C.C.C.C.C.C.C.C.C.C.C.C.CCS[C@H]1C(=O)N2[C@H]3Nc4ccccc4[C@@]3(C3=CCc4ccccc43)C[C@]2(SCOC)C(=O)N1C. The van der Waals surface area contributed by atoms with Crippen LogP contribution >= 0.6 is 23.5 Å². The van der Waals surface area contributed by atoms with Gasteiger partial charge >= 0.3 is 0 Å². The van der Waals surface area contributed by atoms with E-state index in [1.807, 2.05) is 17.9 Å². The van der Waals surface area contributed by atoms with E-state index in [0.29, 0.717) is 12.4 Å². The van der Waals surface area contributed by atoms with Gasteiger partial charge in [-0.3, -0.25) is 14.5 Å². The predicted octanol–water partition coefficient (Wildman–Crippen LogP) is 14.9. The Bertz CT molecular complexity index is 1250. The number of anilines is 1. The van der Waals surface area contributed by atoms with E-state index < -0.39 is 15.7 Å². The molecule has 2 amide bonds. The summed E-state index contributed by atoms with van der Waals surface area (Å²) in [5, 5.41) is 3.17. The number of allylic oxidation sites excluding steroid dienone is 1. The molecule has 1 N–H and O–H groups in total. The lowest BCUT2D eigenvalue weighted by Gasteiger charge is -2.48. The summed E-state index contributed by atoms with van der Waals surface area (Å²) < 4.78 is 5.46. The van der Waals surface area contributed by atoms with Crippen molar-refractivity contribution in [2.45, 2.75) is 168 Å². The Hall–Kier alpha value is -2.42. The summed E-state index contributed by atoms with van der Waals surface area (Å²) in [5.74, 6) is 1.04. The van der Waals surface area contributed by atoms with E-state index in [0.717, 1.165) is 23.4 Å². The normalized spacial score (nSPS) is 20.6. The first-order chi connectivity index (χ1) is 17.0. The Morgan fingerprint density at radius 1 is 0.788 bits per heavy atom. The minimum absolute atomic E-state index is 0. The van der Waals surface area contributed by atoms with Crippen LogP contribution in [0.3, 0.4) is 0 Å². The lowest BCUT2D eigenvalue weighted by Crippen LogP contribution is -2.68. The van der Waals surface area contributed by atoms with Crippen molar-refractivity contribution in [1.29, 1.82) is 0 Å². The van der Waals surface area contributed by atoms with Gasteiger partial charge in [-0.25, -0.2) is 0 Å². The van der Waals surface area contributed by atoms with Crippen LogP contribution < -0.4 is 5.32 Å². The molecule has 4 aliphatic rings. The summed E-state index contributed by atoms with van der Waals surface area (Å²) in [6.45, 7) is 2.02. The fourth-order valence-corrected chi connectivity index (χ4v) is 8.62. The summed E-state index contributed by atoms with van der Waals surface area (Å²) in [6.07, 6.45) is 3.32. The van der Waals surface area contributed by atoms with Crippen LogP contribution in [0.25, 0.3) is 5.57 Å². The van der Waals surface area contributed by atoms with Crippen molar-refractivity contribution in [2.75, 3.05) is 31.2 Å². The number of carbonyl (C=O) groups is 2.